The molecule has 162 valence electrons. The van der Waals surface area contributed by atoms with Gasteiger partial charge in [0.1, 0.15) is 10.7 Å². The van der Waals surface area contributed by atoms with Crippen molar-refractivity contribution < 1.29 is 27.1 Å². The molecule has 0 aliphatic heterocycles. The van der Waals surface area contributed by atoms with Crippen molar-refractivity contribution in [1.29, 1.82) is 0 Å². The third kappa shape index (κ3) is 4.94. The number of halogens is 1. The van der Waals surface area contributed by atoms with Crippen molar-refractivity contribution in [2.75, 3.05) is 19.7 Å². The number of Topliss-reactive ketones (excluding diaryl/α,β-unsaturated/α-hetero) is 1. The summed E-state index contributed by atoms with van der Waals surface area (Å²) in [5, 5.41) is 0. The van der Waals surface area contributed by atoms with Gasteiger partial charge in [-0.1, -0.05) is 19.9 Å². The van der Waals surface area contributed by atoms with Crippen LogP contribution in [0.15, 0.2) is 35.2 Å². The van der Waals surface area contributed by atoms with Crippen LogP contribution in [0.1, 0.15) is 51.3 Å². The monoisotopic (exact) mass is 435 g/mol. The zero-order chi connectivity index (χ0) is 22.6. The SMILES string of the molecule is CCN(CC)S(=O)(=O)c1cc(C(=O)OCC(=O)c2cc(C)c(C)cc2C)ccc1F. The molecule has 8 heteroatoms. The normalized spacial score (nSPS) is 11.6. The van der Waals surface area contributed by atoms with Crippen molar-refractivity contribution >= 4 is 21.8 Å². The summed E-state index contributed by atoms with van der Waals surface area (Å²) in [6, 6.07) is 6.60. The largest absolute Gasteiger partial charge is 0.454 e. The molecule has 0 saturated carbocycles. The van der Waals surface area contributed by atoms with E-state index in [1.54, 1.807) is 26.8 Å². The number of carbonyl (C=O) groups is 2. The van der Waals surface area contributed by atoms with Crippen LogP contribution in [0.3, 0.4) is 0 Å². The van der Waals surface area contributed by atoms with Gasteiger partial charge in [0.2, 0.25) is 15.8 Å². The number of rotatable bonds is 8. The van der Waals surface area contributed by atoms with E-state index in [4.69, 9.17) is 4.74 Å². The van der Waals surface area contributed by atoms with Crippen LogP contribution in [-0.4, -0.2) is 44.2 Å². The lowest BCUT2D eigenvalue weighted by atomic mass is 9.98. The van der Waals surface area contributed by atoms with Gasteiger partial charge in [0.25, 0.3) is 0 Å². The van der Waals surface area contributed by atoms with E-state index in [9.17, 15) is 22.4 Å². The van der Waals surface area contributed by atoms with Crippen molar-refractivity contribution in [3.63, 3.8) is 0 Å². The molecule has 0 bridgehead atoms. The Morgan fingerprint density at radius 1 is 0.967 bits per heavy atom. The minimum absolute atomic E-state index is 0.147. The standard InChI is InChI=1S/C22H26FNO5S/c1-6-24(7-2)30(27,28)21-12-17(8-9-19(21)23)22(26)29-13-20(25)18-11-15(4)14(3)10-16(18)5/h8-12H,6-7,13H2,1-5H3. The Hall–Kier alpha value is -2.58. The average Bonchev–Trinajstić information content (AvgIpc) is 2.69. The highest BCUT2D eigenvalue weighted by Crippen LogP contribution is 2.22. The average molecular weight is 436 g/mol. The highest BCUT2D eigenvalue weighted by molar-refractivity contribution is 7.89. The number of carbonyl (C=O) groups excluding carboxylic acids is 2. The van der Waals surface area contributed by atoms with Crippen LogP contribution in [0, 0.1) is 26.6 Å². The summed E-state index contributed by atoms with van der Waals surface area (Å²) in [4.78, 5) is 24.3. The molecule has 30 heavy (non-hydrogen) atoms. The van der Waals surface area contributed by atoms with Gasteiger partial charge in [-0.25, -0.2) is 17.6 Å². The molecule has 0 fully saturated rings. The van der Waals surface area contributed by atoms with Crippen LogP contribution in [-0.2, 0) is 14.8 Å². The molecular weight excluding hydrogens is 409 g/mol. The van der Waals surface area contributed by atoms with Gasteiger partial charge >= 0.3 is 5.97 Å². The lowest BCUT2D eigenvalue weighted by Crippen LogP contribution is -2.31. The molecule has 0 aliphatic carbocycles. The lowest BCUT2D eigenvalue weighted by Gasteiger charge is -2.19. The molecule has 2 rings (SSSR count). The highest BCUT2D eigenvalue weighted by atomic mass is 32.2. The minimum Gasteiger partial charge on any atom is -0.454 e. The van der Waals surface area contributed by atoms with Crippen LogP contribution >= 0.6 is 0 Å². The van der Waals surface area contributed by atoms with E-state index in [0.717, 1.165) is 39.2 Å². The zero-order valence-corrected chi connectivity index (χ0v) is 18.6. The van der Waals surface area contributed by atoms with Crippen LogP contribution < -0.4 is 0 Å². The second-order valence-corrected chi connectivity index (χ2v) is 8.89. The maximum absolute atomic E-state index is 14.2. The number of esters is 1. The van der Waals surface area contributed by atoms with Gasteiger partial charge in [0.15, 0.2) is 6.61 Å². The van der Waals surface area contributed by atoms with Crippen molar-refractivity contribution in [1.82, 2.24) is 4.31 Å². The summed E-state index contributed by atoms with van der Waals surface area (Å²) >= 11 is 0. The van der Waals surface area contributed by atoms with Crippen LogP contribution in [0.25, 0.3) is 0 Å². The molecule has 0 saturated heterocycles. The van der Waals surface area contributed by atoms with E-state index in [2.05, 4.69) is 0 Å². The number of benzene rings is 2. The van der Waals surface area contributed by atoms with Gasteiger partial charge < -0.3 is 4.74 Å². The molecule has 0 aromatic heterocycles. The van der Waals surface area contributed by atoms with Crippen molar-refractivity contribution in [2.45, 2.75) is 39.5 Å². The number of nitrogens with zero attached hydrogens (tertiary/aromatic N) is 1. The maximum Gasteiger partial charge on any atom is 0.338 e. The molecule has 2 aromatic rings. The molecule has 6 nitrogen and oxygen atoms in total. The van der Waals surface area contributed by atoms with Gasteiger partial charge in [-0.2, -0.15) is 4.31 Å². The minimum atomic E-state index is -4.09. The lowest BCUT2D eigenvalue weighted by molar-refractivity contribution is 0.0474. The predicted octanol–water partition coefficient (Wildman–Crippen LogP) is 3.82. The summed E-state index contributed by atoms with van der Waals surface area (Å²) in [5.74, 6) is -2.23. The summed E-state index contributed by atoms with van der Waals surface area (Å²) in [7, 11) is -4.09. The zero-order valence-electron chi connectivity index (χ0n) is 17.8. The second-order valence-electron chi connectivity index (χ2n) is 6.99. The quantitative estimate of drug-likeness (QED) is 0.465. The first-order valence-electron chi connectivity index (χ1n) is 9.60. The first-order chi connectivity index (χ1) is 14.0. The summed E-state index contributed by atoms with van der Waals surface area (Å²) < 4.78 is 45.6. The Labute approximate surface area is 176 Å². The Balaban J connectivity index is 2.22. The fraction of sp³-hybridized carbons (Fsp3) is 0.364. The van der Waals surface area contributed by atoms with Gasteiger partial charge in [-0.05, 0) is 61.7 Å². The third-order valence-electron chi connectivity index (χ3n) is 4.97. The van der Waals surface area contributed by atoms with Crippen molar-refractivity contribution in [3.8, 4) is 0 Å². The van der Waals surface area contributed by atoms with E-state index in [1.807, 2.05) is 19.9 Å². The topological polar surface area (TPSA) is 80.8 Å². The number of hydrogen-bond acceptors (Lipinski definition) is 5. The first kappa shape index (κ1) is 23.7. The fourth-order valence-electron chi connectivity index (χ4n) is 3.08. The van der Waals surface area contributed by atoms with Gasteiger partial charge in [-0.3, -0.25) is 4.79 Å². The summed E-state index contributed by atoms with van der Waals surface area (Å²) in [6.45, 7) is 8.72. The Morgan fingerprint density at radius 3 is 2.17 bits per heavy atom. The van der Waals surface area contributed by atoms with E-state index in [1.165, 1.54) is 0 Å². The Morgan fingerprint density at radius 2 is 1.57 bits per heavy atom. The van der Waals surface area contributed by atoms with Crippen molar-refractivity contribution in [2.24, 2.45) is 0 Å². The molecule has 0 heterocycles. The van der Waals surface area contributed by atoms with E-state index >= 15 is 0 Å². The Kier molecular flexibility index (Phi) is 7.49. The van der Waals surface area contributed by atoms with E-state index in [-0.39, 0.29) is 24.4 Å². The van der Waals surface area contributed by atoms with Gasteiger partial charge in [0.05, 0.1) is 5.56 Å². The van der Waals surface area contributed by atoms with Crippen LogP contribution in [0.5, 0.6) is 0 Å². The van der Waals surface area contributed by atoms with Crippen LogP contribution in [0.4, 0.5) is 4.39 Å². The third-order valence-corrected chi connectivity index (χ3v) is 7.03. The molecule has 0 spiro atoms. The number of aryl methyl sites for hydroxylation is 3. The molecule has 0 amide bonds. The molecule has 0 radical (unpaired) electrons. The Bertz CT molecular complexity index is 1080. The smallest absolute Gasteiger partial charge is 0.338 e. The number of sulfonamides is 1. The summed E-state index contributed by atoms with van der Waals surface area (Å²) in [5.41, 5.74) is 3.07. The molecule has 0 N–H and O–H groups in total. The van der Waals surface area contributed by atoms with E-state index in [0.29, 0.717) is 5.56 Å². The van der Waals surface area contributed by atoms with E-state index < -0.39 is 33.3 Å². The molecular formula is C22H26FNO5S. The van der Waals surface area contributed by atoms with Crippen molar-refractivity contribution in [3.05, 3.63) is 64.0 Å². The van der Waals surface area contributed by atoms with Gasteiger partial charge in [-0.15, -0.1) is 0 Å². The molecule has 0 aliphatic rings. The predicted molar refractivity (Wildman–Crippen MR) is 112 cm³/mol. The van der Waals surface area contributed by atoms with Gasteiger partial charge in [0, 0.05) is 18.7 Å². The fourth-order valence-corrected chi connectivity index (χ4v) is 4.63. The number of hydrogen-bond donors (Lipinski definition) is 0. The molecule has 0 atom stereocenters. The second kappa shape index (κ2) is 9.49. The first-order valence-corrected chi connectivity index (χ1v) is 11.0. The number of ketones is 1. The molecule has 2 aromatic carbocycles. The maximum atomic E-state index is 14.2. The highest BCUT2D eigenvalue weighted by Gasteiger charge is 2.27. The number of ether oxygens (including phenoxy) is 1. The molecule has 0 unspecified atom stereocenters. The van der Waals surface area contributed by atoms with Crippen LogP contribution in [0.2, 0.25) is 0 Å². The summed E-state index contributed by atoms with van der Waals surface area (Å²) in [6.07, 6.45) is 0.